The third-order valence-electron chi connectivity index (χ3n) is 5.26. The molecule has 0 aromatic heterocycles. The molecule has 2 N–H and O–H groups in total. The normalized spacial score (nSPS) is 14.5. The summed E-state index contributed by atoms with van der Waals surface area (Å²) in [5.41, 5.74) is 0. The third-order valence-corrected chi connectivity index (χ3v) is 6.57. The number of aliphatic hydroxyl groups is 1. The van der Waals surface area contributed by atoms with E-state index in [0.29, 0.717) is 12.8 Å². The second-order valence-corrected chi connectivity index (χ2v) is 9.53. The third kappa shape index (κ3) is 16.1. The van der Waals surface area contributed by atoms with E-state index in [1.165, 1.54) is 32.1 Å². The van der Waals surface area contributed by atoms with E-state index < -0.39 is 15.4 Å². The van der Waals surface area contributed by atoms with Crippen LogP contribution in [0.1, 0.15) is 123 Å². The largest absolute Gasteiger partial charge is 0.393 e. The molecule has 0 fully saturated rings. The van der Waals surface area contributed by atoms with Crippen LogP contribution in [0.2, 0.25) is 0 Å². The first kappa shape index (κ1) is 25.9. The van der Waals surface area contributed by atoms with E-state index in [-0.39, 0.29) is 6.10 Å². The second-order valence-electron chi connectivity index (χ2n) is 7.83. The molecule has 0 aromatic rings. The van der Waals surface area contributed by atoms with Crippen molar-refractivity contribution in [3.05, 3.63) is 0 Å². The fourth-order valence-corrected chi connectivity index (χ4v) is 4.39. The molecule has 2 unspecified atom stereocenters. The highest BCUT2D eigenvalue weighted by Crippen LogP contribution is 2.18. The van der Waals surface area contributed by atoms with Gasteiger partial charge in [0.2, 0.25) is 0 Å². The van der Waals surface area contributed by atoms with E-state index in [4.69, 9.17) is 0 Å². The highest BCUT2D eigenvalue weighted by molar-refractivity contribution is 7.86. The lowest BCUT2D eigenvalue weighted by Gasteiger charge is -2.13. The molecule has 0 spiro atoms. The Hall–Kier alpha value is -0.130. The summed E-state index contributed by atoms with van der Waals surface area (Å²) < 4.78 is 32.0. The molecule has 4 nitrogen and oxygen atoms in total. The van der Waals surface area contributed by atoms with Crippen LogP contribution in [0.4, 0.5) is 0 Å². The Morgan fingerprint density at radius 2 is 1.00 bits per heavy atom. The van der Waals surface area contributed by atoms with Crippen molar-refractivity contribution in [3.8, 4) is 0 Å². The first-order valence-corrected chi connectivity index (χ1v) is 12.6. The molecule has 0 aromatic carbocycles. The molecule has 0 aliphatic rings. The molecule has 0 amide bonds. The smallest absolute Gasteiger partial charge is 0.267 e. The van der Waals surface area contributed by atoms with Crippen molar-refractivity contribution in [1.29, 1.82) is 0 Å². The molecule has 0 aliphatic heterocycles. The van der Waals surface area contributed by atoms with Gasteiger partial charge >= 0.3 is 0 Å². The van der Waals surface area contributed by atoms with Crippen molar-refractivity contribution in [2.75, 3.05) is 0 Å². The number of aliphatic hydroxyl groups excluding tert-OH is 1. The molecule has 0 aliphatic carbocycles. The highest BCUT2D eigenvalue weighted by atomic mass is 32.2. The van der Waals surface area contributed by atoms with Crippen molar-refractivity contribution in [2.45, 2.75) is 134 Å². The number of rotatable bonds is 19. The number of unbranched alkanes of at least 4 members (excludes halogenated alkanes) is 10. The van der Waals surface area contributed by atoms with E-state index in [1.54, 1.807) is 0 Å². The Labute approximate surface area is 162 Å². The van der Waals surface area contributed by atoms with Crippen LogP contribution in [-0.2, 0) is 10.1 Å². The molecule has 0 bridgehead atoms. The predicted molar refractivity (Wildman–Crippen MR) is 111 cm³/mol. The Kier molecular flexibility index (Phi) is 16.9. The molecule has 0 saturated carbocycles. The summed E-state index contributed by atoms with van der Waals surface area (Å²) in [5, 5.41) is 9.42. The van der Waals surface area contributed by atoms with E-state index in [2.05, 4.69) is 6.92 Å². The minimum absolute atomic E-state index is 0.154. The van der Waals surface area contributed by atoms with Crippen molar-refractivity contribution < 1.29 is 18.1 Å². The van der Waals surface area contributed by atoms with E-state index in [0.717, 1.165) is 64.2 Å². The lowest BCUT2D eigenvalue weighted by Crippen LogP contribution is -2.20. The van der Waals surface area contributed by atoms with Crippen LogP contribution in [0.25, 0.3) is 0 Å². The molecular formula is C21H44O4S. The van der Waals surface area contributed by atoms with E-state index in [9.17, 15) is 18.1 Å². The van der Waals surface area contributed by atoms with Gasteiger partial charge in [0.25, 0.3) is 10.1 Å². The summed E-state index contributed by atoms with van der Waals surface area (Å²) >= 11 is 0. The second kappa shape index (κ2) is 17.0. The summed E-state index contributed by atoms with van der Waals surface area (Å²) in [6.45, 7) is 4.25. The van der Waals surface area contributed by atoms with Gasteiger partial charge in [0.1, 0.15) is 0 Å². The Bertz CT molecular complexity index is 395. The van der Waals surface area contributed by atoms with E-state index >= 15 is 0 Å². The van der Waals surface area contributed by atoms with Crippen LogP contribution in [0, 0.1) is 0 Å². The van der Waals surface area contributed by atoms with Crippen LogP contribution in [0.3, 0.4) is 0 Å². The van der Waals surface area contributed by atoms with Gasteiger partial charge in [-0.2, -0.15) is 8.42 Å². The monoisotopic (exact) mass is 392 g/mol. The van der Waals surface area contributed by atoms with Crippen LogP contribution in [0.5, 0.6) is 0 Å². The minimum atomic E-state index is -3.90. The topological polar surface area (TPSA) is 74.6 Å². The maximum absolute atomic E-state index is 11.4. The van der Waals surface area contributed by atoms with Gasteiger partial charge in [0.05, 0.1) is 11.4 Å². The first-order valence-electron chi connectivity index (χ1n) is 11.1. The fourth-order valence-electron chi connectivity index (χ4n) is 3.46. The summed E-state index contributed by atoms with van der Waals surface area (Å²) in [6.07, 6.45) is 17.3. The number of hydrogen-bond acceptors (Lipinski definition) is 3. The van der Waals surface area contributed by atoms with Crippen LogP contribution in [-0.4, -0.2) is 29.4 Å². The zero-order valence-corrected chi connectivity index (χ0v) is 18.1. The zero-order valence-electron chi connectivity index (χ0n) is 17.3. The van der Waals surface area contributed by atoms with Gasteiger partial charge < -0.3 is 5.11 Å². The maximum Gasteiger partial charge on any atom is 0.267 e. The number of hydrogen-bond donors (Lipinski definition) is 2. The molecule has 0 rings (SSSR count). The van der Waals surface area contributed by atoms with Gasteiger partial charge in [-0.15, -0.1) is 0 Å². The van der Waals surface area contributed by atoms with Crippen LogP contribution < -0.4 is 0 Å². The molecule has 0 saturated heterocycles. The minimum Gasteiger partial charge on any atom is -0.393 e. The van der Waals surface area contributed by atoms with Gasteiger partial charge in [0, 0.05) is 0 Å². The molecule has 2 atom stereocenters. The quantitative estimate of drug-likeness (QED) is 0.200. The standard InChI is InChI=1S/C21H44O4S/c1-3-5-7-8-10-13-16-20(22)17-14-11-9-12-15-19-21(18-6-4-2)26(23,24)25/h20-22H,3-19H2,1-2H3,(H,23,24,25). The molecule has 26 heavy (non-hydrogen) atoms. The molecule has 5 heteroatoms. The summed E-state index contributed by atoms with van der Waals surface area (Å²) in [5.74, 6) is 0. The maximum atomic E-state index is 11.4. The van der Waals surface area contributed by atoms with Gasteiger partial charge in [-0.3, -0.25) is 4.55 Å². The van der Waals surface area contributed by atoms with Gasteiger partial charge in [0.15, 0.2) is 0 Å². The summed E-state index contributed by atoms with van der Waals surface area (Å²) in [6, 6.07) is 0. The highest BCUT2D eigenvalue weighted by Gasteiger charge is 2.21. The predicted octanol–water partition coefficient (Wildman–Crippen LogP) is 6.28. The zero-order chi connectivity index (χ0) is 19.7. The molecule has 158 valence electrons. The first-order chi connectivity index (χ1) is 12.4. The van der Waals surface area contributed by atoms with Gasteiger partial charge in [-0.1, -0.05) is 97.3 Å². The van der Waals surface area contributed by atoms with Gasteiger partial charge in [-0.05, 0) is 25.7 Å². The summed E-state index contributed by atoms with van der Waals surface area (Å²) in [7, 11) is -3.90. The summed E-state index contributed by atoms with van der Waals surface area (Å²) in [4.78, 5) is 0. The van der Waals surface area contributed by atoms with Crippen molar-refractivity contribution in [2.24, 2.45) is 0 Å². The average molecular weight is 393 g/mol. The van der Waals surface area contributed by atoms with Crippen LogP contribution >= 0.6 is 0 Å². The van der Waals surface area contributed by atoms with Crippen molar-refractivity contribution in [3.63, 3.8) is 0 Å². The Morgan fingerprint density at radius 1 is 0.615 bits per heavy atom. The lowest BCUT2D eigenvalue weighted by atomic mass is 10.0. The molecule has 0 radical (unpaired) electrons. The Morgan fingerprint density at radius 3 is 1.46 bits per heavy atom. The molecular weight excluding hydrogens is 348 g/mol. The Balaban J connectivity index is 3.56. The van der Waals surface area contributed by atoms with Crippen molar-refractivity contribution >= 4 is 10.1 Å². The SMILES string of the molecule is CCCCCCCCC(O)CCCCCCCC(CCCC)S(=O)(=O)O. The van der Waals surface area contributed by atoms with Gasteiger partial charge in [-0.25, -0.2) is 0 Å². The van der Waals surface area contributed by atoms with Crippen molar-refractivity contribution in [1.82, 2.24) is 0 Å². The lowest BCUT2D eigenvalue weighted by molar-refractivity contribution is 0.147. The van der Waals surface area contributed by atoms with Crippen LogP contribution in [0.15, 0.2) is 0 Å². The average Bonchev–Trinajstić information content (AvgIpc) is 2.58. The molecule has 0 heterocycles. The van der Waals surface area contributed by atoms with E-state index in [1.807, 2.05) is 6.92 Å². The fraction of sp³-hybridized carbons (Fsp3) is 1.00.